The molecule has 1 heterocycles. The third-order valence-corrected chi connectivity index (χ3v) is 4.16. The second kappa shape index (κ2) is 7.30. The van der Waals surface area contributed by atoms with Gasteiger partial charge in [0.1, 0.15) is 5.52 Å². The van der Waals surface area contributed by atoms with Crippen LogP contribution in [0, 0.1) is 0 Å². The number of carbonyl (C=O) groups is 1. The SMILES string of the molecule is CC[C@H](C)NC(=O)c1ccc2nc(CCc3ccccc3)oc2c1. The number of nitrogens with one attached hydrogen (secondary N) is 1. The molecule has 1 amide bonds. The maximum atomic E-state index is 12.2. The summed E-state index contributed by atoms with van der Waals surface area (Å²) in [6, 6.07) is 15.8. The van der Waals surface area contributed by atoms with E-state index >= 15 is 0 Å². The summed E-state index contributed by atoms with van der Waals surface area (Å²) in [5.74, 6) is 0.627. The van der Waals surface area contributed by atoms with Crippen LogP contribution >= 0.6 is 0 Å². The Hall–Kier alpha value is -2.62. The first-order valence-electron chi connectivity index (χ1n) is 8.40. The van der Waals surface area contributed by atoms with Crippen molar-refractivity contribution < 1.29 is 9.21 Å². The quantitative estimate of drug-likeness (QED) is 0.742. The summed E-state index contributed by atoms with van der Waals surface area (Å²) in [6.07, 6.45) is 2.53. The molecule has 1 aromatic heterocycles. The second-order valence-corrected chi connectivity index (χ2v) is 6.06. The number of aryl methyl sites for hydroxylation is 2. The highest BCUT2D eigenvalue weighted by Crippen LogP contribution is 2.19. The molecule has 3 rings (SSSR count). The number of hydrogen-bond donors (Lipinski definition) is 1. The minimum Gasteiger partial charge on any atom is -0.441 e. The molecular weight excluding hydrogens is 300 g/mol. The number of hydrogen-bond acceptors (Lipinski definition) is 3. The number of oxazole rings is 1. The molecule has 0 unspecified atom stereocenters. The Morgan fingerprint density at radius 1 is 1.17 bits per heavy atom. The maximum absolute atomic E-state index is 12.2. The second-order valence-electron chi connectivity index (χ2n) is 6.06. The molecule has 124 valence electrons. The van der Waals surface area contributed by atoms with Gasteiger partial charge >= 0.3 is 0 Å². The first kappa shape index (κ1) is 16.2. The predicted octanol–water partition coefficient (Wildman–Crippen LogP) is 4.14. The zero-order chi connectivity index (χ0) is 16.9. The lowest BCUT2D eigenvalue weighted by Gasteiger charge is -2.10. The first-order valence-corrected chi connectivity index (χ1v) is 8.40. The molecule has 3 aromatic rings. The Kier molecular flexibility index (Phi) is 4.94. The van der Waals surface area contributed by atoms with Crippen LogP contribution in [0.25, 0.3) is 11.1 Å². The Morgan fingerprint density at radius 2 is 1.96 bits per heavy atom. The molecular formula is C20H22N2O2. The number of rotatable bonds is 6. The van der Waals surface area contributed by atoms with Gasteiger partial charge in [0.25, 0.3) is 5.91 Å². The Balaban J connectivity index is 1.73. The topological polar surface area (TPSA) is 55.1 Å². The van der Waals surface area contributed by atoms with E-state index in [1.807, 2.05) is 38.1 Å². The summed E-state index contributed by atoms with van der Waals surface area (Å²) in [6.45, 7) is 4.04. The molecule has 1 N–H and O–H groups in total. The van der Waals surface area contributed by atoms with Gasteiger partial charge in [0.15, 0.2) is 11.5 Å². The van der Waals surface area contributed by atoms with E-state index in [-0.39, 0.29) is 11.9 Å². The van der Waals surface area contributed by atoms with E-state index in [1.54, 1.807) is 12.1 Å². The van der Waals surface area contributed by atoms with Crippen LogP contribution in [0.2, 0.25) is 0 Å². The molecule has 0 saturated heterocycles. The number of nitrogens with zero attached hydrogens (tertiary/aromatic N) is 1. The molecule has 2 aromatic carbocycles. The van der Waals surface area contributed by atoms with Crippen LogP contribution in [0.4, 0.5) is 0 Å². The van der Waals surface area contributed by atoms with Gasteiger partial charge in [-0.05, 0) is 43.5 Å². The zero-order valence-corrected chi connectivity index (χ0v) is 14.1. The predicted molar refractivity (Wildman–Crippen MR) is 95.1 cm³/mol. The van der Waals surface area contributed by atoms with Crippen LogP contribution in [0.3, 0.4) is 0 Å². The van der Waals surface area contributed by atoms with Crippen molar-refractivity contribution in [1.82, 2.24) is 10.3 Å². The Labute approximate surface area is 141 Å². The Morgan fingerprint density at radius 3 is 2.71 bits per heavy atom. The molecule has 0 aliphatic rings. The number of carbonyl (C=O) groups excluding carboxylic acids is 1. The average Bonchev–Trinajstić information content (AvgIpc) is 3.02. The first-order chi connectivity index (χ1) is 11.7. The Bertz CT molecular complexity index is 824. The zero-order valence-electron chi connectivity index (χ0n) is 14.1. The van der Waals surface area contributed by atoms with Crippen molar-refractivity contribution in [2.75, 3.05) is 0 Å². The van der Waals surface area contributed by atoms with Crippen molar-refractivity contribution in [2.24, 2.45) is 0 Å². The lowest BCUT2D eigenvalue weighted by molar-refractivity contribution is 0.0939. The molecule has 0 spiro atoms. The van der Waals surface area contributed by atoms with E-state index in [0.717, 1.165) is 24.8 Å². The highest BCUT2D eigenvalue weighted by atomic mass is 16.3. The van der Waals surface area contributed by atoms with Crippen molar-refractivity contribution in [2.45, 2.75) is 39.2 Å². The van der Waals surface area contributed by atoms with Gasteiger partial charge in [-0.25, -0.2) is 4.98 Å². The van der Waals surface area contributed by atoms with E-state index in [0.29, 0.717) is 17.0 Å². The molecule has 4 heteroatoms. The molecule has 0 saturated carbocycles. The van der Waals surface area contributed by atoms with Crippen molar-refractivity contribution in [3.05, 3.63) is 65.5 Å². The summed E-state index contributed by atoms with van der Waals surface area (Å²) < 4.78 is 5.82. The fraction of sp³-hybridized carbons (Fsp3) is 0.300. The number of benzene rings is 2. The third kappa shape index (κ3) is 3.82. The van der Waals surface area contributed by atoms with Crippen LogP contribution < -0.4 is 5.32 Å². The lowest BCUT2D eigenvalue weighted by Crippen LogP contribution is -2.31. The minimum atomic E-state index is -0.0755. The summed E-state index contributed by atoms with van der Waals surface area (Å²) in [7, 11) is 0. The highest BCUT2D eigenvalue weighted by molar-refractivity contribution is 5.97. The van der Waals surface area contributed by atoms with E-state index in [4.69, 9.17) is 4.42 Å². The van der Waals surface area contributed by atoms with Crippen molar-refractivity contribution in [1.29, 1.82) is 0 Å². The van der Waals surface area contributed by atoms with Gasteiger partial charge in [-0.2, -0.15) is 0 Å². The molecule has 0 radical (unpaired) electrons. The molecule has 0 aliphatic heterocycles. The van der Waals surface area contributed by atoms with E-state index in [1.165, 1.54) is 5.56 Å². The van der Waals surface area contributed by atoms with E-state index in [2.05, 4.69) is 22.4 Å². The van der Waals surface area contributed by atoms with Gasteiger partial charge in [0, 0.05) is 18.0 Å². The van der Waals surface area contributed by atoms with Crippen molar-refractivity contribution in [3.63, 3.8) is 0 Å². The van der Waals surface area contributed by atoms with Crippen LogP contribution in [0.5, 0.6) is 0 Å². The maximum Gasteiger partial charge on any atom is 0.251 e. The van der Waals surface area contributed by atoms with Gasteiger partial charge < -0.3 is 9.73 Å². The highest BCUT2D eigenvalue weighted by Gasteiger charge is 2.12. The van der Waals surface area contributed by atoms with Crippen molar-refractivity contribution >= 4 is 17.0 Å². The molecule has 1 atom stereocenters. The van der Waals surface area contributed by atoms with Crippen LogP contribution in [0.1, 0.15) is 42.1 Å². The lowest BCUT2D eigenvalue weighted by atomic mass is 10.1. The largest absolute Gasteiger partial charge is 0.441 e. The number of aromatic nitrogens is 1. The normalized spacial score (nSPS) is 12.2. The minimum absolute atomic E-state index is 0.0755. The molecule has 24 heavy (non-hydrogen) atoms. The van der Waals surface area contributed by atoms with Gasteiger partial charge in [-0.3, -0.25) is 4.79 Å². The fourth-order valence-corrected chi connectivity index (χ4v) is 2.53. The standard InChI is InChI=1S/C20H22N2O2/c1-3-14(2)21-20(23)16-10-11-17-18(13-16)24-19(22-17)12-9-15-7-5-4-6-8-15/h4-8,10-11,13-14H,3,9,12H2,1-2H3,(H,21,23)/t14-/m0/s1. The smallest absolute Gasteiger partial charge is 0.251 e. The van der Waals surface area contributed by atoms with Gasteiger partial charge in [0.2, 0.25) is 0 Å². The average molecular weight is 322 g/mol. The monoisotopic (exact) mass is 322 g/mol. The van der Waals surface area contributed by atoms with Gasteiger partial charge in [-0.15, -0.1) is 0 Å². The fourth-order valence-electron chi connectivity index (χ4n) is 2.53. The molecule has 4 nitrogen and oxygen atoms in total. The van der Waals surface area contributed by atoms with Crippen molar-refractivity contribution in [3.8, 4) is 0 Å². The summed E-state index contributed by atoms with van der Waals surface area (Å²) in [4.78, 5) is 16.7. The van der Waals surface area contributed by atoms with Crippen LogP contribution in [-0.2, 0) is 12.8 Å². The number of amides is 1. The van der Waals surface area contributed by atoms with Gasteiger partial charge in [-0.1, -0.05) is 37.3 Å². The van der Waals surface area contributed by atoms with E-state index < -0.39 is 0 Å². The van der Waals surface area contributed by atoms with Gasteiger partial charge in [0.05, 0.1) is 0 Å². The third-order valence-electron chi connectivity index (χ3n) is 4.16. The molecule has 0 aliphatic carbocycles. The molecule has 0 fully saturated rings. The van der Waals surface area contributed by atoms with Crippen LogP contribution in [-0.4, -0.2) is 16.9 Å². The number of fused-ring (bicyclic) bond motifs is 1. The summed E-state index contributed by atoms with van der Waals surface area (Å²) >= 11 is 0. The summed E-state index contributed by atoms with van der Waals surface area (Å²) in [5, 5.41) is 2.96. The van der Waals surface area contributed by atoms with Crippen LogP contribution in [0.15, 0.2) is 52.9 Å². The summed E-state index contributed by atoms with van der Waals surface area (Å²) in [5.41, 5.74) is 3.31. The molecule has 0 bridgehead atoms. The van der Waals surface area contributed by atoms with E-state index in [9.17, 15) is 4.79 Å².